The predicted octanol–water partition coefficient (Wildman–Crippen LogP) is 1.13. The molecule has 0 unspecified atom stereocenters. The van der Waals surface area contributed by atoms with Gasteiger partial charge in [0.1, 0.15) is 5.75 Å². The standard InChI is InChI=1S/C13H19NO3/c1-17-12-6-4-5-11(9-12)10-13(16)14-7-2-3-8-15/h4-6,9,15H,2-3,7-8,10H2,1H3,(H,14,16). The van der Waals surface area contributed by atoms with Crippen molar-refractivity contribution in [1.82, 2.24) is 5.32 Å². The van der Waals surface area contributed by atoms with Gasteiger partial charge in [-0.25, -0.2) is 0 Å². The van der Waals surface area contributed by atoms with Crippen molar-refractivity contribution < 1.29 is 14.6 Å². The maximum absolute atomic E-state index is 11.6. The molecule has 0 saturated carbocycles. The van der Waals surface area contributed by atoms with Crippen LogP contribution in [0.25, 0.3) is 0 Å². The molecule has 2 N–H and O–H groups in total. The van der Waals surface area contributed by atoms with Gasteiger partial charge in [-0.2, -0.15) is 0 Å². The Kier molecular flexibility index (Phi) is 6.10. The van der Waals surface area contributed by atoms with Crippen LogP contribution in [0, 0.1) is 0 Å². The van der Waals surface area contributed by atoms with Crippen molar-refractivity contribution in [2.45, 2.75) is 19.3 Å². The number of rotatable bonds is 7. The van der Waals surface area contributed by atoms with E-state index in [4.69, 9.17) is 9.84 Å². The number of unbranched alkanes of at least 4 members (excludes halogenated alkanes) is 1. The van der Waals surface area contributed by atoms with Gasteiger partial charge in [0.25, 0.3) is 0 Å². The van der Waals surface area contributed by atoms with Crippen LogP contribution in [0.4, 0.5) is 0 Å². The van der Waals surface area contributed by atoms with Gasteiger partial charge in [0.2, 0.25) is 5.91 Å². The zero-order chi connectivity index (χ0) is 12.5. The highest BCUT2D eigenvalue weighted by Crippen LogP contribution is 2.12. The second-order valence-corrected chi connectivity index (χ2v) is 3.81. The molecule has 0 radical (unpaired) electrons. The number of benzene rings is 1. The molecule has 0 saturated heterocycles. The van der Waals surface area contributed by atoms with Crippen molar-refractivity contribution in [2.75, 3.05) is 20.3 Å². The van der Waals surface area contributed by atoms with Crippen LogP contribution in [0.3, 0.4) is 0 Å². The third kappa shape index (κ3) is 5.36. The van der Waals surface area contributed by atoms with Crippen LogP contribution < -0.4 is 10.1 Å². The molecule has 0 bridgehead atoms. The van der Waals surface area contributed by atoms with Crippen LogP contribution in [0.2, 0.25) is 0 Å². The summed E-state index contributed by atoms with van der Waals surface area (Å²) in [4.78, 5) is 11.6. The molecule has 1 rings (SSSR count). The maximum Gasteiger partial charge on any atom is 0.224 e. The Balaban J connectivity index is 2.34. The van der Waals surface area contributed by atoms with Crippen LogP contribution >= 0.6 is 0 Å². The second kappa shape index (κ2) is 7.68. The van der Waals surface area contributed by atoms with Gasteiger partial charge in [0, 0.05) is 13.2 Å². The first-order valence-corrected chi connectivity index (χ1v) is 5.76. The van der Waals surface area contributed by atoms with Crippen molar-refractivity contribution in [3.05, 3.63) is 29.8 Å². The van der Waals surface area contributed by atoms with E-state index in [1.54, 1.807) is 7.11 Å². The summed E-state index contributed by atoms with van der Waals surface area (Å²) >= 11 is 0. The average Bonchev–Trinajstić information content (AvgIpc) is 2.35. The lowest BCUT2D eigenvalue weighted by atomic mass is 10.1. The van der Waals surface area contributed by atoms with Crippen molar-refractivity contribution >= 4 is 5.91 Å². The van der Waals surface area contributed by atoms with E-state index in [1.165, 1.54) is 0 Å². The lowest BCUT2D eigenvalue weighted by Crippen LogP contribution is -2.26. The third-order valence-corrected chi connectivity index (χ3v) is 2.41. The summed E-state index contributed by atoms with van der Waals surface area (Å²) < 4.78 is 5.09. The zero-order valence-corrected chi connectivity index (χ0v) is 10.1. The first-order chi connectivity index (χ1) is 8.26. The monoisotopic (exact) mass is 237 g/mol. The van der Waals surface area contributed by atoms with Crippen LogP contribution in [0.15, 0.2) is 24.3 Å². The molecule has 17 heavy (non-hydrogen) atoms. The molecule has 4 nitrogen and oxygen atoms in total. The molecule has 0 atom stereocenters. The van der Waals surface area contributed by atoms with E-state index in [2.05, 4.69) is 5.32 Å². The van der Waals surface area contributed by atoms with Gasteiger partial charge >= 0.3 is 0 Å². The predicted molar refractivity (Wildman–Crippen MR) is 66.0 cm³/mol. The van der Waals surface area contributed by atoms with Gasteiger partial charge in [-0.3, -0.25) is 4.79 Å². The highest BCUT2D eigenvalue weighted by atomic mass is 16.5. The lowest BCUT2D eigenvalue weighted by Gasteiger charge is -2.06. The van der Waals surface area contributed by atoms with E-state index < -0.39 is 0 Å². The summed E-state index contributed by atoms with van der Waals surface area (Å²) in [5, 5.41) is 11.4. The Hall–Kier alpha value is -1.55. The molecule has 4 heteroatoms. The van der Waals surface area contributed by atoms with E-state index in [0.717, 1.165) is 24.2 Å². The van der Waals surface area contributed by atoms with Crippen molar-refractivity contribution in [3.8, 4) is 5.75 Å². The molecule has 0 aromatic heterocycles. The summed E-state index contributed by atoms with van der Waals surface area (Å²) in [5.41, 5.74) is 0.934. The Bertz CT molecular complexity index is 352. The minimum atomic E-state index is -0.00353. The van der Waals surface area contributed by atoms with E-state index in [1.807, 2.05) is 24.3 Å². The van der Waals surface area contributed by atoms with Crippen molar-refractivity contribution in [2.24, 2.45) is 0 Å². The third-order valence-electron chi connectivity index (χ3n) is 2.41. The maximum atomic E-state index is 11.6. The fourth-order valence-electron chi connectivity index (χ4n) is 1.49. The van der Waals surface area contributed by atoms with E-state index >= 15 is 0 Å². The Labute approximate surface area is 102 Å². The highest BCUT2D eigenvalue weighted by molar-refractivity contribution is 5.78. The largest absolute Gasteiger partial charge is 0.497 e. The molecule has 1 amide bonds. The lowest BCUT2D eigenvalue weighted by molar-refractivity contribution is -0.120. The number of carbonyl (C=O) groups excluding carboxylic acids is 1. The van der Waals surface area contributed by atoms with Gasteiger partial charge in [0.15, 0.2) is 0 Å². The normalized spacial score (nSPS) is 10.0. The van der Waals surface area contributed by atoms with Gasteiger partial charge in [-0.15, -0.1) is 0 Å². The topological polar surface area (TPSA) is 58.6 Å². The van der Waals surface area contributed by atoms with Crippen LogP contribution in [0.1, 0.15) is 18.4 Å². The Morgan fingerprint density at radius 1 is 1.41 bits per heavy atom. The quantitative estimate of drug-likeness (QED) is 0.699. The molecule has 1 aromatic rings. The van der Waals surface area contributed by atoms with Gasteiger partial charge < -0.3 is 15.2 Å². The summed E-state index contributed by atoms with van der Waals surface area (Å²) in [7, 11) is 1.61. The van der Waals surface area contributed by atoms with Crippen molar-refractivity contribution in [1.29, 1.82) is 0 Å². The Morgan fingerprint density at radius 3 is 2.94 bits per heavy atom. The zero-order valence-electron chi connectivity index (χ0n) is 10.1. The number of nitrogens with one attached hydrogen (secondary N) is 1. The number of ether oxygens (including phenoxy) is 1. The molecule has 0 heterocycles. The highest BCUT2D eigenvalue weighted by Gasteiger charge is 2.03. The molecule has 0 aliphatic rings. The number of aliphatic hydroxyl groups excluding tert-OH is 1. The first kappa shape index (κ1) is 13.5. The fraction of sp³-hybridized carbons (Fsp3) is 0.462. The Morgan fingerprint density at radius 2 is 2.24 bits per heavy atom. The van der Waals surface area contributed by atoms with Crippen LogP contribution in [-0.2, 0) is 11.2 Å². The summed E-state index contributed by atoms with van der Waals surface area (Å²) in [6.07, 6.45) is 1.89. The number of methoxy groups -OCH3 is 1. The van der Waals surface area contributed by atoms with Gasteiger partial charge in [0.05, 0.1) is 13.5 Å². The minimum absolute atomic E-state index is 0.00353. The number of aliphatic hydroxyl groups is 1. The summed E-state index contributed by atoms with van der Waals surface area (Å²) in [6, 6.07) is 7.47. The number of hydrogen-bond donors (Lipinski definition) is 2. The molecule has 0 aliphatic carbocycles. The second-order valence-electron chi connectivity index (χ2n) is 3.81. The van der Waals surface area contributed by atoms with Crippen LogP contribution in [0.5, 0.6) is 5.75 Å². The fourth-order valence-corrected chi connectivity index (χ4v) is 1.49. The first-order valence-electron chi connectivity index (χ1n) is 5.76. The number of amides is 1. The molecular weight excluding hydrogens is 218 g/mol. The molecule has 0 fully saturated rings. The van der Waals surface area contributed by atoms with Gasteiger partial charge in [-0.1, -0.05) is 12.1 Å². The SMILES string of the molecule is COc1cccc(CC(=O)NCCCCO)c1. The summed E-state index contributed by atoms with van der Waals surface area (Å²) in [5.74, 6) is 0.756. The average molecular weight is 237 g/mol. The van der Waals surface area contributed by atoms with E-state index in [9.17, 15) is 4.79 Å². The smallest absolute Gasteiger partial charge is 0.224 e. The molecule has 0 spiro atoms. The van der Waals surface area contributed by atoms with E-state index in [-0.39, 0.29) is 12.5 Å². The minimum Gasteiger partial charge on any atom is -0.497 e. The molecule has 1 aromatic carbocycles. The van der Waals surface area contributed by atoms with Gasteiger partial charge in [-0.05, 0) is 30.5 Å². The molecular formula is C13H19NO3. The molecule has 0 aliphatic heterocycles. The van der Waals surface area contributed by atoms with Crippen LogP contribution in [-0.4, -0.2) is 31.3 Å². The number of carbonyl (C=O) groups is 1. The molecule has 94 valence electrons. The number of hydrogen-bond acceptors (Lipinski definition) is 3. The summed E-state index contributed by atoms with van der Waals surface area (Å²) in [6.45, 7) is 0.787. The van der Waals surface area contributed by atoms with E-state index in [0.29, 0.717) is 13.0 Å². The van der Waals surface area contributed by atoms with Crippen molar-refractivity contribution in [3.63, 3.8) is 0 Å².